The summed E-state index contributed by atoms with van der Waals surface area (Å²) in [6.45, 7) is 0. The zero-order chi connectivity index (χ0) is 18.6. The van der Waals surface area contributed by atoms with Crippen LogP contribution in [0, 0.1) is 0 Å². The lowest BCUT2D eigenvalue weighted by molar-refractivity contribution is 0.102. The van der Waals surface area contributed by atoms with Gasteiger partial charge < -0.3 is 8.83 Å². The fourth-order valence-electron chi connectivity index (χ4n) is 2.72. The van der Waals surface area contributed by atoms with Crippen LogP contribution in [-0.4, -0.2) is 5.78 Å². The van der Waals surface area contributed by atoms with E-state index in [1.54, 1.807) is 24.3 Å². The second-order valence-corrected chi connectivity index (χ2v) is 6.32. The maximum absolute atomic E-state index is 12.4. The molecule has 0 spiro atoms. The standard InChI is InChI=1S/C23H15ClO3/c24-19-9-5-4-8-18(19)22-14-15-23(27-22)20(25)12-10-17-11-13-21(26-17)16-6-2-1-3-7-16/h1-15H/b12-10+. The minimum Gasteiger partial charge on any atom is -0.457 e. The van der Waals surface area contributed by atoms with Crippen molar-refractivity contribution in [3.05, 3.63) is 101 Å². The van der Waals surface area contributed by atoms with Crippen molar-refractivity contribution in [2.45, 2.75) is 0 Å². The Bertz CT molecular complexity index is 1100. The molecule has 0 atom stereocenters. The number of rotatable bonds is 5. The van der Waals surface area contributed by atoms with Crippen LogP contribution in [0.3, 0.4) is 0 Å². The Hall–Kier alpha value is -3.30. The molecule has 2 aromatic heterocycles. The van der Waals surface area contributed by atoms with E-state index in [1.807, 2.05) is 60.7 Å². The van der Waals surface area contributed by atoms with Gasteiger partial charge in [-0.2, -0.15) is 0 Å². The zero-order valence-electron chi connectivity index (χ0n) is 14.3. The minimum absolute atomic E-state index is 0.244. The molecule has 132 valence electrons. The summed E-state index contributed by atoms with van der Waals surface area (Å²) in [6.07, 6.45) is 3.06. The molecule has 0 aliphatic heterocycles. The second-order valence-electron chi connectivity index (χ2n) is 5.91. The maximum atomic E-state index is 12.4. The number of benzene rings is 2. The van der Waals surface area contributed by atoms with Crippen LogP contribution >= 0.6 is 11.6 Å². The number of halogens is 1. The predicted molar refractivity (Wildman–Crippen MR) is 107 cm³/mol. The smallest absolute Gasteiger partial charge is 0.221 e. The van der Waals surface area contributed by atoms with Gasteiger partial charge in [0.05, 0.1) is 5.02 Å². The van der Waals surface area contributed by atoms with Gasteiger partial charge in [0.15, 0.2) is 5.76 Å². The predicted octanol–water partition coefficient (Wildman–Crippen LogP) is 6.76. The van der Waals surface area contributed by atoms with E-state index in [0.29, 0.717) is 16.5 Å². The van der Waals surface area contributed by atoms with Gasteiger partial charge in [0.25, 0.3) is 0 Å². The van der Waals surface area contributed by atoms with E-state index in [2.05, 4.69) is 0 Å². The quantitative estimate of drug-likeness (QED) is 0.286. The fraction of sp³-hybridized carbons (Fsp3) is 0. The Morgan fingerprint density at radius 2 is 1.52 bits per heavy atom. The first-order chi connectivity index (χ1) is 13.2. The van der Waals surface area contributed by atoms with Crippen molar-refractivity contribution in [3.63, 3.8) is 0 Å². The van der Waals surface area contributed by atoms with Gasteiger partial charge in [0.1, 0.15) is 17.3 Å². The second kappa shape index (κ2) is 7.52. The van der Waals surface area contributed by atoms with Gasteiger partial charge in [-0.15, -0.1) is 0 Å². The normalized spacial score (nSPS) is 11.1. The lowest BCUT2D eigenvalue weighted by Crippen LogP contribution is -1.90. The molecule has 0 aliphatic carbocycles. The Morgan fingerprint density at radius 3 is 2.33 bits per heavy atom. The van der Waals surface area contributed by atoms with E-state index in [-0.39, 0.29) is 11.5 Å². The first-order valence-corrected chi connectivity index (χ1v) is 8.81. The van der Waals surface area contributed by atoms with E-state index in [9.17, 15) is 4.79 Å². The van der Waals surface area contributed by atoms with Crippen molar-refractivity contribution < 1.29 is 13.6 Å². The molecule has 0 N–H and O–H groups in total. The average molecular weight is 375 g/mol. The lowest BCUT2D eigenvalue weighted by atomic mass is 10.2. The van der Waals surface area contributed by atoms with Crippen LogP contribution in [0.15, 0.2) is 93.8 Å². The summed E-state index contributed by atoms with van der Waals surface area (Å²) in [7, 11) is 0. The number of hydrogen-bond acceptors (Lipinski definition) is 3. The van der Waals surface area contributed by atoms with Crippen LogP contribution in [0.2, 0.25) is 5.02 Å². The van der Waals surface area contributed by atoms with E-state index >= 15 is 0 Å². The summed E-state index contributed by atoms with van der Waals surface area (Å²) < 4.78 is 11.4. The number of carbonyl (C=O) groups excluding carboxylic acids is 1. The van der Waals surface area contributed by atoms with Gasteiger partial charge in [0, 0.05) is 11.1 Å². The summed E-state index contributed by atoms with van der Waals surface area (Å²) in [5.41, 5.74) is 1.74. The van der Waals surface area contributed by atoms with Crippen molar-refractivity contribution >= 4 is 23.5 Å². The molecule has 0 saturated carbocycles. The minimum atomic E-state index is -0.244. The van der Waals surface area contributed by atoms with Crippen LogP contribution in [0.4, 0.5) is 0 Å². The molecule has 4 rings (SSSR count). The molecule has 4 heteroatoms. The molecule has 27 heavy (non-hydrogen) atoms. The van der Waals surface area contributed by atoms with Crippen LogP contribution in [-0.2, 0) is 0 Å². The maximum Gasteiger partial charge on any atom is 0.221 e. The number of carbonyl (C=O) groups is 1. The summed E-state index contributed by atoms with van der Waals surface area (Å²) in [5, 5.41) is 0.574. The first-order valence-electron chi connectivity index (χ1n) is 8.43. The van der Waals surface area contributed by atoms with Gasteiger partial charge in [-0.25, -0.2) is 0 Å². The molecule has 0 fully saturated rings. The summed E-state index contributed by atoms with van der Waals surface area (Å²) in [4.78, 5) is 12.4. The summed E-state index contributed by atoms with van der Waals surface area (Å²) in [6, 6.07) is 24.2. The van der Waals surface area contributed by atoms with Gasteiger partial charge in [-0.05, 0) is 48.6 Å². The number of hydrogen-bond donors (Lipinski definition) is 0. The van der Waals surface area contributed by atoms with Crippen molar-refractivity contribution in [2.75, 3.05) is 0 Å². The molecule has 0 saturated heterocycles. The van der Waals surface area contributed by atoms with Gasteiger partial charge in [-0.3, -0.25) is 4.79 Å². The molecule has 0 aliphatic rings. The van der Waals surface area contributed by atoms with Crippen molar-refractivity contribution in [3.8, 4) is 22.6 Å². The fourth-order valence-corrected chi connectivity index (χ4v) is 2.94. The van der Waals surface area contributed by atoms with E-state index in [1.165, 1.54) is 6.08 Å². The van der Waals surface area contributed by atoms with Crippen molar-refractivity contribution in [1.82, 2.24) is 0 Å². The molecule has 0 unspecified atom stereocenters. The van der Waals surface area contributed by atoms with Crippen LogP contribution in [0.5, 0.6) is 0 Å². The Balaban J connectivity index is 1.50. The van der Waals surface area contributed by atoms with Crippen LogP contribution in [0.1, 0.15) is 16.3 Å². The number of furan rings is 2. The Morgan fingerprint density at radius 1 is 0.778 bits per heavy atom. The Kier molecular flexibility index (Phi) is 4.77. The van der Waals surface area contributed by atoms with Crippen molar-refractivity contribution in [2.24, 2.45) is 0 Å². The average Bonchev–Trinajstić information content (AvgIpc) is 3.37. The highest BCUT2D eigenvalue weighted by atomic mass is 35.5. The molecule has 0 radical (unpaired) electrons. The molecular formula is C23H15ClO3. The highest BCUT2D eigenvalue weighted by Gasteiger charge is 2.12. The third-order valence-corrected chi connectivity index (χ3v) is 4.40. The van der Waals surface area contributed by atoms with E-state index in [0.717, 1.165) is 16.9 Å². The van der Waals surface area contributed by atoms with Crippen LogP contribution in [0.25, 0.3) is 28.7 Å². The third kappa shape index (κ3) is 3.78. The van der Waals surface area contributed by atoms with Gasteiger partial charge in [0.2, 0.25) is 5.78 Å². The highest BCUT2D eigenvalue weighted by Crippen LogP contribution is 2.29. The Labute approximate surface area is 161 Å². The molecule has 3 nitrogen and oxygen atoms in total. The largest absolute Gasteiger partial charge is 0.457 e. The molecule has 0 amide bonds. The lowest BCUT2D eigenvalue weighted by Gasteiger charge is -1.99. The van der Waals surface area contributed by atoms with Crippen molar-refractivity contribution in [1.29, 1.82) is 0 Å². The summed E-state index contributed by atoms with van der Waals surface area (Å²) in [5.74, 6) is 1.91. The molecule has 2 heterocycles. The topological polar surface area (TPSA) is 43.4 Å². The van der Waals surface area contributed by atoms with Crippen LogP contribution < -0.4 is 0 Å². The van der Waals surface area contributed by atoms with E-state index < -0.39 is 0 Å². The highest BCUT2D eigenvalue weighted by molar-refractivity contribution is 6.33. The molecular weight excluding hydrogens is 360 g/mol. The number of ketones is 1. The molecule has 4 aromatic rings. The zero-order valence-corrected chi connectivity index (χ0v) is 15.0. The molecule has 0 bridgehead atoms. The monoisotopic (exact) mass is 374 g/mol. The third-order valence-electron chi connectivity index (χ3n) is 4.07. The first kappa shape index (κ1) is 17.1. The number of allylic oxidation sites excluding steroid dienone is 1. The van der Waals surface area contributed by atoms with Gasteiger partial charge >= 0.3 is 0 Å². The van der Waals surface area contributed by atoms with Gasteiger partial charge in [-0.1, -0.05) is 54.1 Å². The summed E-state index contributed by atoms with van der Waals surface area (Å²) >= 11 is 6.17. The molecule has 2 aromatic carbocycles. The van der Waals surface area contributed by atoms with E-state index in [4.69, 9.17) is 20.4 Å². The SMILES string of the molecule is O=C(/C=C/c1ccc(-c2ccccc2)o1)c1ccc(-c2ccccc2Cl)o1.